The summed E-state index contributed by atoms with van der Waals surface area (Å²) in [6.07, 6.45) is 5.94. The molecule has 2 amide bonds. The summed E-state index contributed by atoms with van der Waals surface area (Å²) in [4.78, 5) is 45.0. The molecule has 3 rings (SSSR count). The van der Waals surface area contributed by atoms with Gasteiger partial charge in [-0.05, 0) is 38.5 Å². The van der Waals surface area contributed by atoms with Gasteiger partial charge in [0.15, 0.2) is 0 Å². The van der Waals surface area contributed by atoms with Gasteiger partial charge in [0.05, 0.1) is 37.2 Å². The monoisotopic (exact) mass is 582 g/mol. The van der Waals surface area contributed by atoms with Gasteiger partial charge in [0, 0.05) is 17.4 Å². The maximum Gasteiger partial charge on any atom is 0.312 e. The summed E-state index contributed by atoms with van der Waals surface area (Å²) in [5, 5.41) is 10.4. The third-order valence-corrected chi connectivity index (χ3v) is 8.84. The van der Waals surface area contributed by atoms with Crippen LogP contribution in [0.2, 0.25) is 0 Å². The first kappa shape index (κ1) is 29.8. The van der Waals surface area contributed by atoms with Crippen molar-refractivity contribution in [2.45, 2.75) is 94.5 Å². The molecule has 1 N–H and O–H groups in total. The van der Waals surface area contributed by atoms with Crippen LogP contribution in [0.25, 0.3) is 0 Å². The lowest BCUT2D eigenvalue weighted by molar-refractivity contribution is -0.157. The highest BCUT2D eigenvalue weighted by Crippen LogP contribution is 2.61. The number of likely N-dealkylation sites (tertiary alicyclic amines) is 1. The molecule has 3 aliphatic rings. The van der Waals surface area contributed by atoms with Crippen LogP contribution < -0.4 is 0 Å². The summed E-state index contributed by atoms with van der Waals surface area (Å²) in [6, 6.07) is -1.59. The fraction of sp³-hybridized carbons (Fsp3) is 0.750. The third kappa shape index (κ3) is 5.41. The minimum Gasteiger partial charge on any atom is -0.465 e. The number of carbonyl (C=O) groups is 3. The predicted molar refractivity (Wildman–Crippen MR) is 145 cm³/mol. The SMILES string of the molecule is C=CCCOC(=O)[C@H]1[C@H]2C(=O)N([C@@H](CO)CC(C)C)C(C(=O)N(CC=C)C(C)CCC)C23CC(Br)[C@@H]1O3. The van der Waals surface area contributed by atoms with Crippen LogP contribution in [0.4, 0.5) is 0 Å². The van der Waals surface area contributed by atoms with Crippen molar-refractivity contribution >= 4 is 33.7 Å². The number of carbonyl (C=O) groups excluding carboxylic acids is 3. The number of hydrogen-bond acceptors (Lipinski definition) is 6. The van der Waals surface area contributed by atoms with Crippen LogP contribution in [0, 0.1) is 17.8 Å². The number of ether oxygens (including phenoxy) is 2. The quantitative estimate of drug-likeness (QED) is 0.146. The van der Waals surface area contributed by atoms with E-state index in [1.807, 2.05) is 20.8 Å². The molecule has 3 aliphatic heterocycles. The van der Waals surface area contributed by atoms with Crippen LogP contribution >= 0.6 is 15.9 Å². The standard InChI is InChI=1S/C28H43BrN2O6/c1-7-10-13-36-27(35)21-22-25(33)31(19(16-32)14-17(4)5)24(28(22)15-20(29)23(21)37-28)26(34)30(12-9-3)18(6)11-8-2/h7,9,17-24,32H,1,3,8,10-16H2,2,4-6H3/t18?,19-,20?,21+,22+,23+,24?,28?/m1/s1. The van der Waals surface area contributed by atoms with E-state index in [0.29, 0.717) is 25.8 Å². The smallest absolute Gasteiger partial charge is 0.312 e. The van der Waals surface area contributed by atoms with Crippen LogP contribution in [0.3, 0.4) is 0 Å². The number of rotatable bonds is 14. The summed E-state index contributed by atoms with van der Waals surface area (Å²) in [5.41, 5.74) is -1.18. The Morgan fingerprint density at radius 2 is 2.03 bits per heavy atom. The van der Waals surface area contributed by atoms with Crippen molar-refractivity contribution in [1.29, 1.82) is 0 Å². The molecule has 0 radical (unpaired) electrons. The largest absolute Gasteiger partial charge is 0.465 e. The first-order valence-electron chi connectivity index (χ1n) is 13.5. The Kier molecular flexibility index (Phi) is 10.0. The van der Waals surface area contributed by atoms with E-state index in [4.69, 9.17) is 9.47 Å². The van der Waals surface area contributed by atoms with E-state index in [0.717, 1.165) is 12.8 Å². The van der Waals surface area contributed by atoms with E-state index >= 15 is 0 Å². The van der Waals surface area contributed by atoms with Crippen LogP contribution in [0.5, 0.6) is 0 Å². The van der Waals surface area contributed by atoms with Gasteiger partial charge in [-0.3, -0.25) is 14.4 Å². The highest BCUT2D eigenvalue weighted by atomic mass is 79.9. The van der Waals surface area contributed by atoms with Gasteiger partial charge in [-0.2, -0.15) is 0 Å². The van der Waals surface area contributed by atoms with Crippen molar-refractivity contribution in [2.24, 2.45) is 17.8 Å². The van der Waals surface area contributed by atoms with Crippen molar-refractivity contribution in [2.75, 3.05) is 19.8 Å². The highest BCUT2D eigenvalue weighted by Gasteiger charge is 2.77. The first-order chi connectivity index (χ1) is 17.6. The van der Waals surface area contributed by atoms with Crippen molar-refractivity contribution in [3.63, 3.8) is 0 Å². The molecule has 3 fully saturated rings. The van der Waals surface area contributed by atoms with Crippen LogP contribution in [0.15, 0.2) is 25.3 Å². The van der Waals surface area contributed by atoms with Gasteiger partial charge in [-0.15, -0.1) is 13.2 Å². The van der Waals surface area contributed by atoms with Crippen molar-refractivity contribution in [1.82, 2.24) is 9.80 Å². The second-order valence-electron chi connectivity index (χ2n) is 11.0. The number of hydrogen-bond donors (Lipinski definition) is 1. The number of nitrogens with zero attached hydrogens (tertiary/aromatic N) is 2. The zero-order valence-corrected chi connectivity index (χ0v) is 24.2. The molecule has 0 aromatic carbocycles. The average molecular weight is 584 g/mol. The topological polar surface area (TPSA) is 96.4 Å². The van der Waals surface area contributed by atoms with E-state index < -0.39 is 41.6 Å². The Bertz CT molecular complexity index is 881. The third-order valence-electron chi connectivity index (χ3n) is 7.99. The van der Waals surface area contributed by atoms with E-state index in [9.17, 15) is 19.5 Å². The van der Waals surface area contributed by atoms with Gasteiger partial charge < -0.3 is 24.4 Å². The molecule has 0 aliphatic carbocycles. The maximum absolute atomic E-state index is 14.4. The Morgan fingerprint density at radius 1 is 1.32 bits per heavy atom. The van der Waals surface area contributed by atoms with Crippen molar-refractivity contribution in [3.8, 4) is 0 Å². The number of amides is 2. The molecule has 3 heterocycles. The minimum atomic E-state index is -1.18. The van der Waals surface area contributed by atoms with Crippen LogP contribution in [-0.4, -0.2) is 87.1 Å². The van der Waals surface area contributed by atoms with Gasteiger partial charge in [-0.1, -0.05) is 55.3 Å². The minimum absolute atomic E-state index is 0.0707. The van der Waals surface area contributed by atoms with Gasteiger partial charge in [-0.25, -0.2) is 0 Å². The Balaban J connectivity index is 2.10. The van der Waals surface area contributed by atoms with Gasteiger partial charge in [0.25, 0.3) is 0 Å². The molecule has 3 saturated heterocycles. The molecule has 8 nitrogen and oxygen atoms in total. The lowest BCUT2D eigenvalue weighted by Crippen LogP contribution is -2.60. The van der Waals surface area contributed by atoms with Crippen LogP contribution in [-0.2, 0) is 23.9 Å². The van der Waals surface area contributed by atoms with Gasteiger partial charge >= 0.3 is 5.97 Å². The van der Waals surface area contributed by atoms with E-state index in [-0.39, 0.29) is 41.8 Å². The molecule has 0 saturated carbocycles. The van der Waals surface area contributed by atoms with E-state index in [1.54, 1.807) is 22.0 Å². The lowest BCUT2D eigenvalue weighted by Gasteiger charge is -2.41. The summed E-state index contributed by atoms with van der Waals surface area (Å²) < 4.78 is 12.1. The molecular formula is C28H43BrN2O6. The second kappa shape index (κ2) is 12.4. The molecule has 9 heteroatoms. The molecule has 0 aromatic heterocycles. The molecule has 37 heavy (non-hydrogen) atoms. The number of aliphatic hydroxyl groups is 1. The molecule has 4 unspecified atom stereocenters. The molecule has 8 atom stereocenters. The Labute approximate surface area is 229 Å². The summed E-state index contributed by atoms with van der Waals surface area (Å²) in [5.74, 6) is -2.51. The summed E-state index contributed by atoms with van der Waals surface area (Å²) >= 11 is 3.68. The molecular weight excluding hydrogens is 540 g/mol. The fourth-order valence-electron chi connectivity index (χ4n) is 6.53. The van der Waals surface area contributed by atoms with Crippen molar-refractivity contribution < 1.29 is 29.0 Å². The predicted octanol–water partition coefficient (Wildman–Crippen LogP) is 3.46. The molecule has 0 aromatic rings. The first-order valence-corrected chi connectivity index (χ1v) is 14.4. The van der Waals surface area contributed by atoms with Gasteiger partial charge in [0.1, 0.15) is 11.6 Å². The highest BCUT2D eigenvalue weighted by molar-refractivity contribution is 9.09. The van der Waals surface area contributed by atoms with E-state index in [2.05, 4.69) is 36.0 Å². The Hall–Kier alpha value is -1.71. The normalized spacial score (nSPS) is 31.8. The fourth-order valence-corrected chi connectivity index (χ4v) is 7.47. The van der Waals surface area contributed by atoms with E-state index in [1.165, 1.54) is 0 Å². The summed E-state index contributed by atoms with van der Waals surface area (Å²) in [7, 11) is 0. The van der Waals surface area contributed by atoms with Gasteiger partial charge in [0.2, 0.25) is 11.8 Å². The number of aliphatic hydroxyl groups excluding tert-OH is 1. The molecule has 2 bridgehead atoms. The molecule has 208 valence electrons. The average Bonchev–Trinajstić information content (AvgIpc) is 3.44. The van der Waals surface area contributed by atoms with Crippen LogP contribution in [0.1, 0.15) is 59.8 Å². The number of alkyl halides is 1. The lowest BCUT2D eigenvalue weighted by atomic mass is 9.70. The zero-order valence-electron chi connectivity index (χ0n) is 22.6. The zero-order chi connectivity index (χ0) is 27.5. The number of esters is 1. The number of halogens is 1. The second-order valence-corrected chi connectivity index (χ2v) is 12.2. The number of fused-ring (bicyclic) bond motifs is 1. The summed E-state index contributed by atoms with van der Waals surface area (Å²) in [6.45, 7) is 15.8. The molecule has 1 spiro atoms. The maximum atomic E-state index is 14.4. The Morgan fingerprint density at radius 3 is 2.59 bits per heavy atom. The van der Waals surface area contributed by atoms with Crippen molar-refractivity contribution in [3.05, 3.63) is 25.3 Å².